The van der Waals surface area contributed by atoms with Crippen LogP contribution in [0.25, 0.3) is 5.69 Å². The zero-order chi connectivity index (χ0) is 27.2. The summed E-state index contributed by atoms with van der Waals surface area (Å²) < 4.78 is 7.55. The van der Waals surface area contributed by atoms with Gasteiger partial charge >= 0.3 is 0 Å². The predicted molar refractivity (Wildman–Crippen MR) is 154 cm³/mol. The summed E-state index contributed by atoms with van der Waals surface area (Å²) in [5, 5.41) is 17.1. The quantitative estimate of drug-likeness (QED) is 0.409. The molecule has 2 heterocycles. The molecule has 6 nitrogen and oxygen atoms in total. The smallest absolute Gasteiger partial charge is 0.162 e. The Kier molecular flexibility index (Phi) is 7.25. The molecule has 0 saturated heterocycles. The van der Waals surface area contributed by atoms with Gasteiger partial charge in [-0.2, -0.15) is 10.4 Å². The summed E-state index contributed by atoms with van der Waals surface area (Å²) in [6, 6.07) is 8.28. The van der Waals surface area contributed by atoms with E-state index in [2.05, 4.69) is 50.2 Å². The van der Waals surface area contributed by atoms with Crippen LogP contribution < -0.4 is 5.32 Å². The lowest BCUT2D eigenvalue weighted by Gasteiger charge is -2.61. The highest BCUT2D eigenvalue weighted by Gasteiger charge is 2.60. The van der Waals surface area contributed by atoms with E-state index < -0.39 is 0 Å². The van der Waals surface area contributed by atoms with Gasteiger partial charge in [0, 0.05) is 25.5 Å². The zero-order valence-electron chi connectivity index (χ0n) is 24.4. The van der Waals surface area contributed by atoms with Crippen LogP contribution in [0, 0.1) is 57.7 Å². The number of nitrogens with one attached hydrogen (secondary N) is 1. The van der Waals surface area contributed by atoms with Gasteiger partial charge in [0.2, 0.25) is 0 Å². The SMILES string of the molecule is CCOC[C@H]1CC[C@]2(C)C3CC[C@@]4(C)C(CCC4[C@@H](C)Nc4ccc(-n5ccc(C#N)n5)cn4)[C@@H]3CC[C@@H]2C1. The first kappa shape index (κ1) is 26.8. The molecule has 4 aliphatic carbocycles. The summed E-state index contributed by atoms with van der Waals surface area (Å²) >= 11 is 0. The Morgan fingerprint density at radius 2 is 1.90 bits per heavy atom. The molecule has 6 rings (SSSR count). The third-order valence-corrected chi connectivity index (χ3v) is 12.1. The van der Waals surface area contributed by atoms with Gasteiger partial charge in [0.05, 0.1) is 11.9 Å². The Bertz CT molecular complexity index is 1190. The second-order valence-electron chi connectivity index (χ2n) is 13.8. The molecule has 4 fully saturated rings. The molecule has 39 heavy (non-hydrogen) atoms. The largest absolute Gasteiger partial charge is 0.381 e. The first-order chi connectivity index (χ1) is 18.9. The first-order valence-corrected chi connectivity index (χ1v) is 15.6. The van der Waals surface area contributed by atoms with Crippen molar-refractivity contribution < 1.29 is 4.74 Å². The number of nitrogens with zero attached hydrogens (tertiary/aromatic N) is 4. The first-order valence-electron chi connectivity index (χ1n) is 15.6. The van der Waals surface area contributed by atoms with Gasteiger partial charge in [0.1, 0.15) is 11.9 Å². The topological polar surface area (TPSA) is 75.8 Å². The van der Waals surface area contributed by atoms with E-state index in [4.69, 9.17) is 15.0 Å². The number of aromatic nitrogens is 3. The molecule has 0 aromatic carbocycles. The molecule has 210 valence electrons. The lowest BCUT2D eigenvalue weighted by atomic mass is 9.44. The van der Waals surface area contributed by atoms with Gasteiger partial charge in [0.15, 0.2) is 5.69 Å². The van der Waals surface area contributed by atoms with Crippen LogP contribution in [0.15, 0.2) is 30.6 Å². The highest BCUT2D eigenvalue weighted by Crippen LogP contribution is 2.68. The van der Waals surface area contributed by atoms with Crippen LogP contribution in [-0.2, 0) is 4.74 Å². The fourth-order valence-electron chi connectivity index (χ4n) is 10.1. The average Bonchev–Trinajstić information content (AvgIpc) is 3.56. The van der Waals surface area contributed by atoms with E-state index in [1.807, 2.05) is 18.5 Å². The fourth-order valence-corrected chi connectivity index (χ4v) is 10.1. The van der Waals surface area contributed by atoms with Gasteiger partial charge in [-0.15, -0.1) is 0 Å². The van der Waals surface area contributed by atoms with E-state index in [-0.39, 0.29) is 0 Å². The predicted octanol–water partition coefficient (Wildman–Crippen LogP) is 7.25. The van der Waals surface area contributed by atoms with Crippen LogP contribution in [0.3, 0.4) is 0 Å². The van der Waals surface area contributed by atoms with Crippen molar-refractivity contribution in [2.45, 2.75) is 91.5 Å². The van der Waals surface area contributed by atoms with Crippen molar-refractivity contribution in [1.29, 1.82) is 5.26 Å². The summed E-state index contributed by atoms with van der Waals surface area (Å²) in [7, 11) is 0. The maximum atomic E-state index is 9.06. The van der Waals surface area contributed by atoms with Crippen LogP contribution >= 0.6 is 0 Å². The zero-order valence-corrected chi connectivity index (χ0v) is 24.4. The number of hydrogen-bond donors (Lipinski definition) is 1. The van der Waals surface area contributed by atoms with Crippen molar-refractivity contribution in [3.63, 3.8) is 0 Å². The Morgan fingerprint density at radius 3 is 2.64 bits per heavy atom. The van der Waals surface area contributed by atoms with Gasteiger partial charge in [-0.1, -0.05) is 13.8 Å². The molecule has 3 unspecified atom stereocenters. The van der Waals surface area contributed by atoms with Gasteiger partial charge in [0.25, 0.3) is 0 Å². The number of nitriles is 1. The third-order valence-electron chi connectivity index (χ3n) is 12.1. The van der Waals surface area contributed by atoms with Crippen LogP contribution in [0.2, 0.25) is 0 Å². The van der Waals surface area contributed by atoms with E-state index in [0.29, 0.717) is 28.5 Å². The number of anilines is 1. The molecule has 9 atom stereocenters. The second-order valence-corrected chi connectivity index (χ2v) is 13.8. The third kappa shape index (κ3) is 4.69. The molecular weight excluding hydrogens is 482 g/mol. The second kappa shape index (κ2) is 10.5. The molecule has 0 radical (unpaired) electrons. The Balaban J connectivity index is 1.11. The summed E-state index contributed by atoms with van der Waals surface area (Å²) in [4.78, 5) is 4.71. The lowest BCUT2D eigenvalue weighted by Crippen LogP contribution is -2.54. The number of hydrogen-bond acceptors (Lipinski definition) is 5. The number of rotatable bonds is 7. The highest BCUT2D eigenvalue weighted by molar-refractivity contribution is 5.41. The minimum atomic E-state index is 0.394. The Labute approximate surface area is 234 Å². The molecule has 4 saturated carbocycles. The standard InChI is InChI=1S/C33H47N5O/c1-5-39-21-23-12-15-32(3)24(18-23)6-8-27-29-10-9-28(33(29,4)16-13-30(27)32)22(2)36-31-11-7-26(20-35-31)38-17-14-25(19-34)37-38/h7,11,14,17,20,22-24,27-30H,5-6,8-10,12-13,15-16,18,21H2,1-4H3,(H,35,36)/t22-,23+,24-,27+,28?,29?,30?,32+,33-/m1/s1. The van der Waals surface area contributed by atoms with Gasteiger partial charge in [-0.05, 0) is 136 Å². The van der Waals surface area contributed by atoms with Crippen molar-refractivity contribution in [1.82, 2.24) is 14.8 Å². The lowest BCUT2D eigenvalue weighted by molar-refractivity contribution is -0.122. The van der Waals surface area contributed by atoms with Crippen molar-refractivity contribution in [3.8, 4) is 11.8 Å². The van der Waals surface area contributed by atoms with Crippen molar-refractivity contribution in [2.24, 2.45) is 46.3 Å². The van der Waals surface area contributed by atoms with Crippen LogP contribution in [0.1, 0.15) is 91.2 Å². The highest BCUT2D eigenvalue weighted by atomic mass is 16.5. The van der Waals surface area contributed by atoms with Crippen LogP contribution in [-0.4, -0.2) is 34.0 Å². The summed E-state index contributed by atoms with van der Waals surface area (Å²) in [6.45, 7) is 11.7. The summed E-state index contributed by atoms with van der Waals surface area (Å²) in [5.41, 5.74) is 2.26. The minimum absolute atomic E-state index is 0.394. The van der Waals surface area contributed by atoms with Crippen molar-refractivity contribution >= 4 is 5.82 Å². The molecule has 6 heteroatoms. The molecule has 0 amide bonds. The minimum Gasteiger partial charge on any atom is -0.381 e. The average molecular weight is 530 g/mol. The van der Waals surface area contributed by atoms with Crippen molar-refractivity contribution in [3.05, 3.63) is 36.3 Å². The van der Waals surface area contributed by atoms with E-state index >= 15 is 0 Å². The molecule has 2 aromatic rings. The molecule has 0 aliphatic heterocycles. The Hall–Kier alpha value is -2.39. The maximum absolute atomic E-state index is 9.06. The maximum Gasteiger partial charge on any atom is 0.162 e. The monoisotopic (exact) mass is 529 g/mol. The van der Waals surface area contributed by atoms with Gasteiger partial charge in [-0.25, -0.2) is 9.67 Å². The summed E-state index contributed by atoms with van der Waals surface area (Å²) in [5.74, 6) is 6.00. The fraction of sp³-hybridized carbons (Fsp3) is 0.727. The molecule has 4 aliphatic rings. The Morgan fingerprint density at radius 1 is 1.08 bits per heavy atom. The van der Waals surface area contributed by atoms with E-state index in [1.54, 1.807) is 10.7 Å². The van der Waals surface area contributed by atoms with Gasteiger partial charge in [-0.3, -0.25) is 0 Å². The van der Waals surface area contributed by atoms with Crippen LogP contribution in [0.4, 0.5) is 5.82 Å². The van der Waals surface area contributed by atoms with E-state index in [9.17, 15) is 0 Å². The number of ether oxygens (including phenoxy) is 1. The molecular formula is C33H47N5O. The van der Waals surface area contributed by atoms with E-state index in [0.717, 1.165) is 54.3 Å². The number of pyridine rings is 1. The molecule has 0 bridgehead atoms. The summed E-state index contributed by atoms with van der Waals surface area (Å²) in [6.07, 6.45) is 16.3. The van der Waals surface area contributed by atoms with Gasteiger partial charge < -0.3 is 10.1 Å². The molecule has 2 aromatic heterocycles. The van der Waals surface area contributed by atoms with Crippen LogP contribution in [0.5, 0.6) is 0 Å². The molecule has 1 N–H and O–H groups in total. The van der Waals surface area contributed by atoms with Crippen molar-refractivity contribution in [2.75, 3.05) is 18.5 Å². The molecule has 0 spiro atoms. The number of fused-ring (bicyclic) bond motifs is 5. The van der Waals surface area contributed by atoms with E-state index in [1.165, 1.54) is 57.8 Å². The normalized spacial score (nSPS) is 38.2.